The van der Waals surface area contributed by atoms with Crippen molar-refractivity contribution in [2.24, 2.45) is 5.41 Å². The van der Waals surface area contributed by atoms with Gasteiger partial charge in [-0.1, -0.05) is 19.3 Å². The number of rotatable bonds is 4. The van der Waals surface area contributed by atoms with Crippen LogP contribution in [0, 0.1) is 5.41 Å². The van der Waals surface area contributed by atoms with Crippen LogP contribution in [0.3, 0.4) is 0 Å². The number of carbonyl (C=O) groups excluding carboxylic acids is 1. The molecule has 1 aliphatic carbocycles. The molecule has 0 aromatic carbocycles. The lowest BCUT2D eigenvalue weighted by Crippen LogP contribution is -2.49. The second-order valence-electron chi connectivity index (χ2n) is 6.51. The molecule has 3 heteroatoms. The van der Waals surface area contributed by atoms with E-state index >= 15 is 0 Å². The van der Waals surface area contributed by atoms with E-state index in [2.05, 4.69) is 23.9 Å². The number of nitrogens with zero attached hydrogens (tertiary/aromatic N) is 2. The van der Waals surface area contributed by atoms with Crippen molar-refractivity contribution in [2.45, 2.75) is 51.0 Å². The molecule has 0 N–H and O–H groups in total. The molecule has 2 aliphatic rings. The molecule has 104 valence electrons. The molecule has 0 radical (unpaired) electrons. The first-order chi connectivity index (χ1) is 8.65. The molecule has 1 unspecified atom stereocenters. The zero-order valence-corrected chi connectivity index (χ0v) is 12.0. The Labute approximate surface area is 112 Å². The first kappa shape index (κ1) is 14.0. The van der Waals surface area contributed by atoms with Crippen molar-refractivity contribution in [3.05, 3.63) is 0 Å². The van der Waals surface area contributed by atoms with Gasteiger partial charge in [0, 0.05) is 24.5 Å². The normalized spacial score (nSPS) is 29.4. The minimum atomic E-state index is -0.0387. The van der Waals surface area contributed by atoms with Gasteiger partial charge in [0.05, 0.1) is 0 Å². The van der Waals surface area contributed by atoms with Crippen LogP contribution in [-0.2, 0) is 4.79 Å². The summed E-state index contributed by atoms with van der Waals surface area (Å²) in [4.78, 5) is 16.4. The highest BCUT2D eigenvalue weighted by Gasteiger charge is 2.34. The maximum Gasteiger partial charge on any atom is 0.127 e. The zero-order chi connectivity index (χ0) is 13.0. The van der Waals surface area contributed by atoms with Gasteiger partial charge in [-0.05, 0) is 46.3 Å². The molecule has 0 spiro atoms. The number of likely N-dealkylation sites (N-methyl/N-ethyl adjacent to an activating group) is 2. The zero-order valence-electron chi connectivity index (χ0n) is 12.0. The number of piperidine rings is 1. The van der Waals surface area contributed by atoms with E-state index < -0.39 is 0 Å². The predicted molar refractivity (Wildman–Crippen MR) is 74.7 cm³/mol. The Hall–Kier alpha value is -0.410. The number of likely N-dealkylation sites (tertiary alicyclic amines) is 1. The number of aldehydes is 1. The molecular formula is C15H28N2O. The molecule has 1 heterocycles. The molecule has 1 atom stereocenters. The highest BCUT2D eigenvalue weighted by Crippen LogP contribution is 2.35. The minimum absolute atomic E-state index is 0.0387. The first-order valence-electron chi connectivity index (χ1n) is 7.50. The van der Waals surface area contributed by atoms with E-state index in [1.165, 1.54) is 44.9 Å². The summed E-state index contributed by atoms with van der Waals surface area (Å²) < 4.78 is 0. The van der Waals surface area contributed by atoms with E-state index in [0.29, 0.717) is 6.04 Å². The van der Waals surface area contributed by atoms with E-state index in [-0.39, 0.29) is 5.41 Å². The van der Waals surface area contributed by atoms with Gasteiger partial charge < -0.3 is 14.6 Å². The second-order valence-corrected chi connectivity index (χ2v) is 6.51. The summed E-state index contributed by atoms with van der Waals surface area (Å²) >= 11 is 0. The molecule has 1 saturated heterocycles. The topological polar surface area (TPSA) is 23.6 Å². The molecule has 2 fully saturated rings. The molecule has 0 aromatic heterocycles. The van der Waals surface area contributed by atoms with Crippen LogP contribution < -0.4 is 0 Å². The maximum absolute atomic E-state index is 11.5. The molecule has 1 saturated carbocycles. The fraction of sp³-hybridized carbons (Fsp3) is 0.933. The van der Waals surface area contributed by atoms with Crippen LogP contribution in [0.5, 0.6) is 0 Å². The lowest BCUT2D eigenvalue weighted by atomic mass is 9.74. The van der Waals surface area contributed by atoms with Crippen LogP contribution in [0.25, 0.3) is 0 Å². The lowest BCUT2D eigenvalue weighted by molar-refractivity contribution is -0.119. The van der Waals surface area contributed by atoms with Crippen LogP contribution in [0.1, 0.15) is 44.9 Å². The number of carbonyl (C=O) groups is 1. The average Bonchev–Trinajstić information content (AvgIpc) is 2.40. The Bertz CT molecular complexity index is 274. The van der Waals surface area contributed by atoms with E-state index in [9.17, 15) is 4.79 Å². The minimum Gasteiger partial charge on any atom is -0.305 e. The summed E-state index contributed by atoms with van der Waals surface area (Å²) in [6.07, 6.45) is 9.82. The third-order valence-electron chi connectivity index (χ3n) is 4.89. The molecule has 3 nitrogen and oxygen atoms in total. The van der Waals surface area contributed by atoms with Gasteiger partial charge in [0.2, 0.25) is 0 Å². The van der Waals surface area contributed by atoms with Crippen molar-refractivity contribution in [2.75, 3.05) is 33.7 Å². The fourth-order valence-corrected chi connectivity index (χ4v) is 3.69. The van der Waals surface area contributed by atoms with Gasteiger partial charge in [0.1, 0.15) is 6.29 Å². The maximum atomic E-state index is 11.5. The average molecular weight is 252 g/mol. The van der Waals surface area contributed by atoms with Crippen molar-refractivity contribution in [1.82, 2.24) is 9.80 Å². The van der Waals surface area contributed by atoms with Crippen LogP contribution >= 0.6 is 0 Å². The standard InChI is InChI=1S/C15H28N2O/c1-16-10-6-7-14(11-16)17(2)12-15(13-18)8-4-3-5-9-15/h13-14H,3-12H2,1-2H3. The van der Waals surface area contributed by atoms with Crippen LogP contribution in [0.2, 0.25) is 0 Å². The van der Waals surface area contributed by atoms with Crippen molar-refractivity contribution >= 4 is 6.29 Å². The van der Waals surface area contributed by atoms with Crippen LogP contribution in [0.15, 0.2) is 0 Å². The Balaban J connectivity index is 1.91. The molecule has 0 aromatic rings. The third-order valence-corrected chi connectivity index (χ3v) is 4.89. The molecule has 18 heavy (non-hydrogen) atoms. The quantitative estimate of drug-likeness (QED) is 0.716. The number of hydrogen-bond acceptors (Lipinski definition) is 3. The van der Waals surface area contributed by atoms with Gasteiger partial charge in [-0.2, -0.15) is 0 Å². The SMILES string of the molecule is CN1CCCC(N(C)CC2(C=O)CCCCC2)C1. The predicted octanol–water partition coefficient (Wildman–Crippen LogP) is 2.16. The van der Waals surface area contributed by atoms with Crippen LogP contribution in [-0.4, -0.2) is 55.9 Å². The van der Waals surface area contributed by atoms with Gasteiger partial charge in [0.25, 0.3) is 0 Å². The largest absolute Gasteiger partial charge is 0.305 e. The van der Waals surface area contributed by atoms with Gasteiger partial charge in [-0.15, -0.1) is 0 Å². The third kappa shape index (κ3) is 3.33. The van der Waals surface area contributed by atoms with Crippen molar-refractivity contribution in [1.29, 1.82) is 0 Å². The van der Waals surface area contributed by atoms with Gasteiger partial charge in [0.15, 0.2) is 0 Å². The molecule has 0 bridgehead atoms. The Kier molecular flexibility index (Phi) is 4.79. The van der Waals surface area contributed by atoms with E-state index in [4.69, 9.17) is 0 Å². The van der Waals surface area contributed by atoms with Gasteiger partial charge in [-0.25, -0.2) is 0 Å². The summed E-state index contributed by atoms with van der Waals surface area (Å²) in [5, 5.41) is 0. The lowest BCUT2D eigenvalue weighted by Gasteiger charge is -2.41. The molecule has 0 amide bonds. The monoisotopic (exact) mass is 252 g/mol. The smallest absolute Gasteiger partial charge is 0.127 e. The van der Waals surface area contributed by atoms with Crippen LogP contribution in [0.4, 0.5) is 0 Å². The van der Waals surface area contributed by atoms with Crippen molar-refractivity contribution in [3.8, 4) is 0 Å². The van der Waals surface area contributed by atoms with E-state index in [0.717, 1.165) is 25.9 Å². The second kappa shape index (κ2) is 6.16. The van der Waals surface area contributed by atoms with Gasteiger partial charge >= 0.3 is 0 Å². The molecule has 1 aliphatic heterocycles. The summed E-state index contributed by atoms with van der Waals surface area (Å²) in [6, 6.07) is 0.641. The highest BCUT2D eigenvalue weighted by atomic mass is 16.1. The fourth-order valence-electron chi connectivity index (χ4n) is 3.69. The van der Waals surface area contributed by atoms with Crippen molar-refractivity contribution in [3.63, 3.8) is 0 Å². The Morgan fingerprint density at radius 2 is 2.00 bits per heavy atom. The van der Waals surface area contributed by atoms with E-state index in [1.54, 1.807) is 0 Å². The Morgan fingerprint density at radius 3 is 2.61 bits per heavy atom. The first-order valence-corrected chi connectivity index (χ1v) is 7.50. The summed E-state index contributed by atoms with van der Waals surface area (Å²) in [5.41, 5.74) is -0.0387. The Morgan fingerprint density at radius 1 is 1.28 bits per heavy atom. The number of hydrogen-bond donors (Lipinski definition) is 0. The van der Waals surface area contributed by atoms with E-state index in [1.807, 2.05) is 0 Å². The summed E-state index contributed by atoms with van der Waals surface area (Å²) in [5.74, 6) is 0. The summed E-state index contributed by atoms with van der Waals surface area (Å²) in [6.45, 7) is 3.35. The highest BCUT2D eigenvalue weighted by molar-refractivity contribution is 5.60. The van der Waals surface area contributed by atoms with Gasteiger partial charge in [-0.3, -0.25) is 0 Å². The summed E-state index contributed by atoms with van der Waals surface area (Å²) in [7, 11) is 4.42. The molecule has 2 rings (SSSR count). The molecular weight excluding hydrogens is 224 g/mol. The van der Waals surface area contributed by atoms with Crippen molar-refractivity contribution < 1.29 is 4.79 Å².